The first-order valence-electron chi connectivity index (χ1n) is 7.04. The number of likely N-dealkylation sites (tertiary alicyclic amines) is 1. The van der Waals surface area contributed by atoms with Crippen molar-refractivity contribution in [3.05, 3.63) is 0 Å². The lowest BCUT2D eigenvalue weighted by Gasteiger charge is -2.29. The first-order valence-corrected chi connectivity index (χ1v) is 7.04. The zero-order chi connectivity index (χ0) is 11.6. The van der Waals surface area contributed by atoms with E-state index in [-0.39, 0.29) is 0 Å². The van der Waals surface area contributed by atoms with Gasteiger partial charge in [0.15, 0.2) is 0 Å². The highest BCUT2D eigenvalue weighted by molar-refractivity contribution is 4.89. The zero-order valence-corrected chi connectivity index (χ0v) is 10.9. The van der Waals surface area contributed by atoms with E-state index in [2.05, 4.69) is 4.90 Å². The lowest BCUT2D eigenvalue weighted by atomic mass is 9.90. The minimum absolute atomic E-state index is 0.482. The Bertz CT molecular complexity index is 213. The highest BCUT2D eigenvalue weighted by Crippen LogP contribution is 2.31. The zero-order valence-electron chi connectivity index (χ0n) is 10.9. The summed E-state index contributed by atoms with van der Waals surface area (Å²) in [4.78, 5) is 2.65. The van der Waals surface area contributed by atoms with Crippen LogP contribution in [0.2, 0.25) is 0 Å². The van der Waals surface area contributed by atoms with Crippen molar-refractivity contribution >= 4 is 0 Å². The van der Waals surface area contributed by atoms with Gasteiger partial charge in [0.2, 0.25) is 0 Å². The molecule has 0 radical (unpaired) electrons. The van der Waals surface area contributed by atoms with Crippen LogP contribution in [0.1, 0.15) is 58.8 Å². The summed E-state index contributed by atoms with van der Waals surface area (Å²) < 4.78 is 0. The molecular weight excluding hydrogens is 198 g/mol. The molecule has 1 saturated carbocycles. The Labute approximate surface area is 100 Å². The van der Waals surface area contributed by atoms with E-state index in [9.17, 15) is 5.11 Å². The molecule has 1 aliphatic heterocycles. The predicted octanol–water partition coefficient (Wildman–Crippen LogP) is 2.80. The van der Waals surface area contributed by atoms with Crippen molar-refractivity contribution in [2.45, 2.75) is 70.4 Å². The van der Waals surface area contributed by atoms with Gasteiger partial charge in [-0.25, -0.2) is 0 Å². The summed E-state index contributed by atoms with van der Waals surface area (Å²) in [7, 11) is 0. The standard InChI is InChI=1S/C14H27NO/c1-14(2,16)12-9-10-15(11-12)13-7-5-3-4-6-8-13/h12-13,16H,3-11H2,1-2H3. The third-order valence-corrected chi connectivity index (χ3v) is 4.56. The van der Waals surface area contributed by atoms with Gasteiger partial charge in [-0.3, -0.25) is 4.90 Å². The van der Waals surface area contributed by atoms with Crippen molar-refractivity contribution in [2.75, 3.05) is 13.1 Å². The molecule has 0 aromatic carbocycles. The number of hydrogen-bond donors (Lipinski definition) is 1. The minimum Gasteiger partial charge on any atom is -0.390 e. The maximum atomic E-state index is 10.1. The Balaban J connectivity index is 1.87. The SMILES string of the molecule is CC(C)(O)C1CCN(C2CCCCCC2)C1. The quantitative estimate of drug-likeness (QED) is 0.731. The third-order valence-electron chi connectivity index (χ3n) is 4.56. The van der Waals surface area contributed by atoms with Gasteiger partial charge in [0.1, 0.15) is 0 Å². The largest absolute Gasteiger partial charge is 0.390 e. The molecule has 1 saturated heterocycles. The minimum atomic E-state index is -0.487. The normalized spacial score (nSPS) is 30.6. The highest BCUT2D eigenvalue weighted by Gasteiger charge is 2.35. The molecular formula is C14H27NO. The third kappa shape index (κ3) is 2.98. The van der Waals surface area contributed by atoms with E-state index in [1.54, 1.807) is 0 Å². The van der Waals surface area contributed by atoms with E-state index in [0.29, 0.717) is 5.92 Å². The first-order chi connectivity index (χ1) is 7.57. The van der Waals surface area contributed by atoms with E-state index in [1.807, 2.05) is 13.8 Å². The predicted molar refractivity (Wildman–Crippen MR) is 67.5 cm³/mol. The molecule has 0 amide bonds. The molecule has 0 aromatic rings. The van der Waals surface area contributed by atoms with E-state index in [1.165, 1.54) is 51.5 Å². The lowest BCUT2D eigenvalue weighted by Crippen LogP contribution is -2.37. The summed E-state index contributed by atoms with van der Waals surface area (Å²) in [5.74, 6) is 0.482. The fourth-order valence-electron chi connectivity index (χ4n) is 3.32. The maximum absolute atomic E-state index is 10.1. The van der Waals surface area contributed by atoms with Crippen LogP contribution >= 0.6 is 0 Å². The molecule has 1 atom stereocenters. The molecule has 16 heavy (non-hydrogen) atoms. The Morgan fingerprint density at radius 3 is 2.12 bits per heavy atom. The van der Waals surface area contributed by atoms with Gasteiger partial charge < -0.3 is 5.11 Å². The Hall–Kier alpha value is -0.0800. The molecule has 1 aliphatic carbocycles. The van der Waals surface area contributed by atoms with Crippen LogP contribution in [-0.4, -0.2) is 34.7 Å². The second kappa shape index (κ2) is 5.05. The topological polar surface area (TPSA) is 23.5 Å². The Kier molecular flexibility index (Phi) is 3.91. The highest BCUT2D eigenvalue weighted by atomic mass is 16.3. The second-order valence-electron chi connectivity index (χ2n) is 6.28. The molecule has 94 valence electrons. The molecule has 0 spiro atoms. The van der Waals surface area contributed by atoms with Crippen molar-refractivity contribution in [3.8, 4) is 0 Å². The van der Waals surface area contributed by atoms with Crippen molar-refractivity contribution in [1.82, 2.24) is 4.90 Å². The van der Waals surface area contributed by atoms with Crippen molar-refractivity contribution < 1.29 is 5.11 Å². The second-order valence-corrected chi connectivity index (χ2v) is 6.28. The van der Waals surface area contributed by atoms with Gasteiger partial charge >= 0.3 is 0 Å². The lowest BCUT2D eigenvalue weighted by molar-refractivity contribution is 0.0187. The van der Waals surface area contributed by atoms with Crippen LogP contribution in [0.25, 0.3) is 0 Å². The number of hydrogen-bond acceptors (Lipinski definition) is 2. The molecule has 0 aromatic heterocycles. The Morgan fingerprint density at radius 2 is 1.62 bits per heavy atom. The summed E-state index contributed by atoms with van der Waals surface area (Å²) in [5, 5.41) is 10.1. The van der Waals surface area contributed by atoms with Gasteiger partial charge in [0.25, 0.3) is 0 Å². The van der Waals surface area contributed by atoms with Crippen LogP contribution in [0.4, 0.5) is 0 Å². The molecule has 2 heteroatoms. The number of nitrogens with zero attached hydrogens (tertiary/aromatic N) is 1. The van der Waals surface area contributed by atoms with Gasteiger partial charge in [-0.1, -0.05) is 25.7 Å². The van der Waals surface area contributed by atoms with Crippen molar-refractivity contribution in [1.29, 1.82) is 0 Å². The molecule has 1 heterocycles. The van der Waals surface area contributed by atoms with Crippen LogP contribution in [0, 0.1) is 5.92 Å². The van der Waals surface area contributed by atoms with E-state index in [4.69, 9.17) is 0 Å². The summed E-state index contributed by atoms with van der Waals surface area (Å²) >= 11 is 0. The summed E-state index contributed by atoms with van der Waals surface area (Å²) in [5.41, 5.74) is -0.487. The monoisotopic (exact) mass is 225 g/mol. The van der Waals surface area contributed by atoms with Crippen LogP contribution < -0.4 is 0 Å². The molecule has 1 unspecified atom stereocenters. The summed E-state index contributed by atoms with van der Waals surface area (Å²) in [6, 6.07) is 0.815. The average Bonchev–Trinajstić information content (AvgIpc) is 2.55. The van der Waals surface area contributed by atoms with Gasteiger partial charge in [0, 0.05) is 18.5 Å². The van der Waals surface area contributed by atoms with Crippen LogP contribution in [0.5, 0.6) is 0 Å². The fraction of sp³-hybridized carbons (Fsp3) is 1.00. The van der Waals surface area contributed by atoms with Crippen molar-refractivity contribution in [2.24, 2.45) is 5.92 Å². The van der Waals surface area contributed by atoms with Gasteiger partial charge in [-0.15, -0.1) is 0 Å². The fourth-order valence-corrected chi connectivity index (χ4v) is 3.32. The number of aliphatic hydroxyl groups is 1. The van der Waals surface area contributed by atoms with Crippen LogP contribution in [0.15, 0.2) is 0 Å². The summed E-state index contributed by atoms with van der Waals surface area (Å²) in [6.45, 7) is 6.26. The van der Waals surface area contributed by atoms with Gasteiger partial charge in [-0.2, -0.15) is 0 Å². The van der Waals surface area contributed by atoms with Crippen LogP contribution in [0.3, 0.4) is 0 Å². The first kappa shape index (κ1) is 12.4. The average molecular weight is 225 g/mol. The molecule has 2 fully saturated rings. The van der Waals surface area contributed by atoms with Gasteiger partial charge in [-0.05, 0) is 39.7 Å². The molecule has 2 rings (SSSR count). The van der Waals surface area contributed by atoms with Crippen LogP contribution in [-0.2, 0) is 0 Å². The maximum Gasteiger partial charge on any atom is 0.0632 e. The molecule has 1 N–H and O–H groups in total. The van der Waals surface area contributed by atoms with Crippen molar-refractivity contribution in [3.63, 3.8) is 0 Å². The smallest absolute Gasteiger partial charge is 0.0632 e. The Morgan fingerprint density at radius 1 is 1.00 bits per heavy atom. The molecule has 2 aliphatic rings. The van der Waals surface area contributed by atoms with E-state index >= 15 is 0 Å². The van der Waals surface area contributed by atoms with E-state index < -0.39 is 5.60 Å². The van der Waals surface area contributed by atoms with Gasteiger partial charge in [0.05, 0.1) is 5.60 Å². The molecule has 2 nitrogen and oxygen atoms in total. The number of rotatable bonds is 2. The summed E-state index contributed by atoms with van der Waals surface area (Å²) in [6.07, 6.45) is 9.64. The molecule has 0 bridgehead atoms. The van der Waals surface area contributed by atoms with E-state index in [0.717, 1.165) is 12.6 Å².